The van der Waals surface area contributed by atoms with E-state index in [0.29, 0.717) is 10.6 Å². The minimum absolute atomic E-state index is 0.0287. The first kappa shape index (κ1) is 15.3. The number of anilines is 1. The van der Waals surface area contributed by atoms with Gasteiger partial charge in [0.2, 0.25) is 0 Å². The maximum absolute atomic E-state index is 12.3. The monoisotopic (exact) mass is 351 g/mol. The molecule has 0 bridgehead atoms. The lowest BCUT2D eigenvalue weighted by Gasteiger charge is -2.12. The molecular weight excluding hydrogens is 345 g/mol. The zero-order chi connectivity index (χ0) is 14.9. The Balaban J connectivity index is 2.49. The van der Waals surface area contributed by atoms with Crippen LogP contribution in [0.1, 0.15) is 5.56 Å². The van der Waals surface area contributed by atoms with Crippen molar-refractivity contribution in [1.29, 1.82) is 0 Å². The summed E-state index contributed by atoms with van der Waals surface area (Å²) in [4.78, 5) is 7.38. The standard InChI is InChI=1S/C11H8Cl3N3O2S/c1-6-2-3-7(12)4-8(6)20(18,19)17-9-10(13)15-5-16-11(9)14/h2-5,17H,1H3. The highest BCUT2D eigenvalue weighted by Gasteiger charge is 2.21. The summed E-state index contributed by atoms with van der Waals surface area (Å²) in [5.41, 5.74) is 0.459. The molecule has 2 aromatic rings. The van der Waals surface area contributed by atoms with Crippen molar-refractivity contribution in [1.82, 2.24) is 9.97 Å². The number of halogens is 3. The fourth-order valence-corrected chi connectivity index (χ4v) is 3.59. The van der Waals surface area contributed by atoms with Crippen molar-refractivity contribution >= 4 is 50.5 Å². The Morgan fingerprint density at radius 2 is 1.70 bits per heavy atom. The predicted octanol–water partition coefficient (Wildman–Crippen LogP) is 3.55. The van der Waals surface area contributed by atoms with E-state index in [0.717, 1.165) is 6.33 Å². The lowest BCUT2D eigenvalue weighted by atomic mass is 10.2. The topological polar surface area (TPSA) is 72.0 Å². The van der Waals surface area contributed by atoms with Gasteiger partial charge in [-0.15, -0.1) is 0 Å². The van der Waals surface area contributed by atoms with Gasteiger partial charge in [0.25, 0.3) is 10.0 Å². The van der Waals surface area contributed by atoms with Crippen molar-refractivity contribution in [3.8, 4) is 0 Å². The number of hydrogen-bond donors (Lipinski definition) is 1. The first-order valence-corrected chi connectivity index (χ1v) is 7.88. The van der Waals surface area contributed by atoms with Crippen molar-refractivity contribution in [2.45, 2.75) is 11.8 Å². The highest BCUT2D eigenvalue weighted by atomic mass is 35.5. The lowest BCUT2D eigenvalue weighted by Crippen LogP contribution is -2.15. The van der Waals surface area contributed by atoms with E-state index in [-0.39, 0.29) is 20.9 Å². The van der Waals surface area contributed by atoms with Crippen LogP contribution < -0.4 is 4.72 Å². The number of aromatic nitrogens is 2. The van der Waals surface area contributed by atoms with Gasteiger partial charge in [-0.2, -0.15) is 0 Å². The van der Waals surface area contributed by atoms with Crippen LogP contribution in [0.2, 0.25) is 15.3 Å². The fourth-order valence-electron chi connectivity index (χ4n) is 1.48. The number of rotatable bonds is 3. The third kappa shape index (κ3) is 3.15. The van der Waals surface area contributed by atoms with Crippen molar-refractivity contribution in [2.75, 3.05) is 4.72 Å². The molecule has 20 heavy (non-hydrogen) atoms. The van der Waals surface area contributed by atoms with Crippen LogP contribution in [0.5, 0.6) is 0 Å². The van der Waals surface area contributed by atoms with E-state index in [1.807, 2.05) is 0 Å². The molecular formula is C11H8Cl3N3O2S. The molecule has 2 rings (SSSR count). The smallest absolute Gasteiger partial charge is 0.262 e. The SMILES string of the molecule is Cc1ccc(Cl)cc1S(=O)(=O)Nc1c(Cl)ncnc1Cl. The largest absolute Gasteiger partial charge is 0.274 e. The van der Waals surface area contributed by atoms with E-state index in [4.69, 9.17) is 34.8 Å². The number of nitrogens with one attached hydrogen (secondary N) is 1. The number of benzene rings is 1. The molecule has 0 saturated carbocycles. The van der Waals surface area contributed by atoms with Crippen LogP contribution in [0.4, 0.5) is 5.69 Å². The van der Waals surface area contributed by atoms with Crippen LogP contribution in [0, 0.1) is 6.92 Å². The third-order valence-electron chi connectivity index (χ3n) is 2.43. The summed E-state index contributed by atoms with van der Waals surface area (Å²) in [7, 11) is -3.89. The zero-order valence-electron chi connectivity index (χ0n) is 10.1. The summed E-state index contributed by atoms with van der Waals surface area (Å²) in [6.07, 6.45) is 1.13. The summed E-state index contributed by atoms with van der Waals surface area (Å²) in [6, 6.07) is 4.54. The maximum Gasteiger partial charge on any atom is 0.262 e. The summed E-state index contributed by atoms with van der Waals surface area (Å²) >= 11 is 17.4. The van der Waals surface area contributed by atoms with Crippen LogP contribution in [0.3, 0.4) is 0 Å². The van der Waals surface area contributed by atoms with Gasteiger partial charge in [-0.25, -0.2) is 18.4 Å². The van der Waals surface area contributed by atoms with Gasteiger partial charge in [-0.1, -0.05) is 40.9 Å². The zero-order valence-corrected chi connectivity index (χ0v) is 13.1. The molecule has 1 heterocycles. The molecule has 1 aromatic heterocycles. The van der Waals surface area contributed by atoms with Gasteiger partial charge in [0.1, 0.15) is 12.0 Å². The van der Waals surface area contributed by atoms with Crippen LogP contribution in [0.15, 0.2) is 29.4 Å². The highest BCUT2D eigenvalue weighted by molar-refractivity contribution is 7.92. The van der Waals surface area contributed by atoms with Crippen molar-refractivity contribution in [2.24, 2.45) is 0 Å². The molecule has 1 N–H and O–H groups in total. The van der Waals surface area contributed by atoms with E-state index in [9.17, 15) is 8.42 Å². The van der Waals surface area contributed by atoms with Gasteiger partial charge in [0.15, 0.2) is 10.3 Å². The quantitative estimate of drug-likeness (QED) is 0.858. The van der Waals surface area contributed by atoms with E-state index >= 15 is 0 Å². The third-order valence-corrected chi connectivity index (χ3v) is 4.73. The molecule has 0 atom stereocenters. The number of nitrogens with zero attached hydrogens (tertiary/aromatic N) is 2. The first-order chi connectivity index (χ1) is 9.31. The van der Waals surface area contributed by atoms with Gasteiger partial charge in [0.05, 0.1) is 4.90 Å². The average molecular weight is 353 g/mol. The number of sulfonamides is 1. The minimum atomic E-state index is -3.89. The van der Waals surface area contributed by atoms with Crippen LogP contribution in [-0.4, -0.2) is 18.4 Å². The van der Waals surface area contributed by atoms with Crippen molar-refractivity contribution in [3.63, 3.8) is 0 Å². The van der Waals surface area contributed by atoms with Crippen LogP contribution >= 0.6 is 34.8 Å². The fraction of sp³-hybridized carbons (Fsp3) is 0.0909. The second-order valence-electron chi connectivity index (χ2n) is 3.85. The number of hydrogen-bond acceptors (Lipinski definition) is 4. The van der Waals surface area contributed by atoms with Gasteiger partial charge in [-0.05, 0) is 24.6 Å². The van der Waals surface area contributed by atoms with E-state index in [2.05, 4.69) is 14.7 Å². The normalized spacial score (nSPS) is 11.4. The van der Waals surface area contributed by atoms with Gasteiger partial charge >= 0.3 is 0 Å². The predicted molar refractivity (Wildman–Crippen MR) is 79.0 cm³/mol. The molecule has 0 aliphatic rings. The Morgan fingerprint density at radius 3 is 2.30 bits per heavy atom. The molecule has 1 aromatic carbocycles. The molecule has 5 nitrogen and oxygen atoms in total. The maximum atomic E-state index is 12.3. The van der Waals surface area contributed by atoms with Crippen molar-refractivity contribution in [3.05, 3.63) is 45.4 Å². The highest BCUT2D eigenvalue weighted by Crippen LogP contribution is 2.29. The molecule has 0 saturated heterocycles. The average Bonchev–Trinajstić information content (AvgIpc) is 2.37. The first-order valence-electron chi connectivity index (χ1n) is 5.26. The summed E-state index contributed by atoms with van der Waals surface area (Å²) in [6.45, 7) is 1.65. The second kappa shape index (κ2) is 5.73. The molecule has 0 aliphatic carbocycles. The lowest BCUT2D eigenvalue weighted by molar-refractivity contribution is 0.600. The minimum Gasteiger partial charge on any atom is -0.274 e. The van der Waals surface area contributed by atoms with E-state index in [1.165, 1.54) is 6.07 Å². The van der Waals surface area contributed by atoms with Crippen LogP contribution in [-0.2, 0) is 10.0 Å². The Hall–Kier alpha value is -1.08. The second-order valence-corrected chi connectivity index (χ2v) is 6.65. The van der Waals surface area contributed by atoms with Gasteiger partial charge in [0, 0.05) is 5.02 Å². The van der Waals surface area contributed by atoms with Gasteiger partial charge in [-0.3, -0.25) is 4.72 Å². The molecule has 0 fully saturated rings. The summed E-state index contributed by atoms with van der Waals surface area (Å²) in [5.74, 6) is 0. The molecule has 0 aliphatic heterocycles. The Kier molecular flexibility index (Phi) is 4.39. The summed E-state index contributed by atoms with van der Waals surface area (Å²) in [5, 5.41) is 0.124. The Labute approximate surface area is 131 Å². The Morgan fingerprint density at radius 1 is 1.10 bits per heavy atom. The van der Waals surface area contributed by atoms with E-state index < -0.39 is 10.0 Å². The van der Waals surface area contributed by atoms with Crippen molar-refractivity contribution < 1.29 is 8.42 Å². The molecule has 0 spiro atoms. The molecule has 0 radical (unpaired) electrons. The Bertz CT molecular complexity index is 745. The molecule has 0 amide bonds. The van der Waals surface area contributed by atoms with Gasteiger partial charge < -0.3 is 0 Å². The molecule has 0 unspecified atom stereocenters. The van der Waals surface area contributed by atoms with Crippen LogP contribution in [0.25, 0.3) is 0 Å². The number of aryl methyl sites for hydroxylation is 1. The molecule has 9 heteroatoms. The molecule has 106 valence electrons. The summed E-state index contributed by atoms with van der Waals surface area (Å²) < 4.78 is 26.9. The van der Waals surface area contributed by atoms with E-state index in [1.54, 1.807) is 19.1 Å².